The average molecular weight is 184 g/mol. The van der Waals surface area contributed by atoms with Crippen LogP contribution in [0.5, 0.6) is 0 Å². The Kier molecular flexibility index (Phi) is 3.22. The lowest BCUT2D eigenvalue weighted by Crippen LogP contribution is -2.20. The molecule has 3 nitrogen and oxygen atoms in total. The van der Waals surface area contributed by atoms with Crippen molar-refractivity contribution in [2.75, 3.05) is 6.61 Å². The number of hydrogen-bond acceptors (Lipinski definition) is 3. The first-order chi connectivity index (χ1) is 6.03. The molecule has 74 valence electrons. The van der Waals surface area contributed by atoms with Crippen LogP contribution in [0.3, 0.4) is 0 Å². The van der Waals surface area contributed by atoms with E-state index in [1.807, 2.05) is 20.8 Å². The molecule has 0 N–H and O–H groups in total. The van der Waals surface area contributed by atoms with E-state index in [1.54, 1.807) is 12.2 Å². The Bertz CT molecular complexity index is 218. The maximum Gasteiger partial charge on any atom is 0.163 e. The summed E-state index contributed by atoms with van der Waals surface area (Å²) in [6.07, 6.45) is 3.79. The van der Waals surface area contributed by atoms with Gasteiger partial charge in [0.25, 0.3) is 0 Å². The zero-order valence-electron chi connectivity index (χ0n) is 8.37. The third-order valence-electron chi connectivity index (χ3n) is 1.88. The standard InChI is InChI=1S/C10H16O3/c1-4-8(11)5-6-9-7-12-10(2,3)13-9/h5-6,9H,4,7H2,1-3H3. The number of ether oxygens (including phenoxy) is 2. The van der Waals surface area contributed by atoms with Crippen LogP contribution in [0.1, 0.15) is 27.2 Å². The zero-order chi connectivity index (χ0) is 9.90. The zero-order valence-corrected chi connectivity index (χ0v) is 8.37. The molecule has 0 aromatic heterocycles. The molecular formula is C10H16O3. The molecule has 3 heteroatoms. The van der Waals surface area contributed by atoms with Gasteiger partial charge in [-0.25, -0.2) is 0 Å². The molecule has 1 heterocycles. The molecule has 1 atom stereocenters. The van der Waals surface area contributed by atoms with Gasteiger partial charge in [0.1, 0.15) is 6.10 Å². The van der Waals surface area contributed by atoms with Crippen LogP contribution in [0.4, 0.5) is 0 Å². The molecule has 1 fully saturated rings. The Morgan fingerprint density at radius 3 is 2.77 bits per heavy atom. The van der Waals surface area contributed by atoms with Gasteiger partial charge >= 0.3 is 0 Å². The highest BCUT2D eigenvalue weighted by atomic mass is 16.7. The number of rotatable bonds is 3. The lowest BCUT2D eigenvalue weighted by Gasteiger charge is -2.15. The molecule has 0 bridgehead atoms. The summed E-state index contributed by atoms with van der Waals surface area (Å²) in [5.41, 5.74) is 0. The minimum Gasteiger partial charge on any atom is -0.347 e. The topological polar surface area (TPSA) is 35.5 Å². The van der Waals surface area contributed by atoms with Crippen LogP contribution in [0.25, 0.3) is 0 Å². The highest BCUT2D eigenvalue weighted by molar-refractivity contribution is 5.89. The lowest BCUT2D eigenvalue weighted by atomic mass is 10.2. The van der Waals surface area contributed by atoms with E-state index in [1.165, 1.54) is 0 Å². The summed E-state index contributed by atoms with van der Waals surface area (Å²) in [5, 5.41) is 0. The number of carbonyl (C=O) groups excluding carboxylic acids is 1. The van der Waals surface area contributed by atoms with Crippen molar-refractivity contribution in [2.45, 2.75) is 39.1 Å². The first-order valence-corrected chi connectivity index (χ1v) is 4.56. The molecule has 0 saturated carbocycles. The quantitative estimate of drug-likeness (QED) is 0.626. The molecule has 13 heavy (non-hydrogen) atoms. The van der Waals surface area contributed by atoms with Crippen molar-refractivity contribution in [3.63, 3.8) is 0 Å². The van der Waals surface area contributed by atoms with Gasteiger partial charge < -0.3 is 9.47 Å². The fraction of sp³-hybridized carbons (Fsp3) is 0.700. The molecule has 0 radical (unpaired) electrons. The van der Waals surface area contributed by atoms with Crippen molar-refractivity contribution >= 4 is 5.78 Å². The Balaban J connectivity index is 2.40. The van der Waals surface area contributed by atoms with Gasteiger partial charge in [-0.05, 0) is 26.0 Å². The van der Waals surface area contributed by atoms with E-state index in [9.17, 15) is 4.79 Å². The molecule has 0 aromatic carbocycles. The molecule has 1 saturated heterocycles. The normalized spacial score (nSPS) is 26.8. The van der Waals surface area contributed by atoms with E-state index in [0.717, 1.165) is 0 Å². The van der Waals surface area contributed by atoms with Crippen molar-refractivity contribution in [1.82, 2.24) is 0 Å². The van der Waals surface area contributed by atoms with Crippen LogP contribution in [-0.4, -0.2) is 24.3 Å². The van der Waals surface area contributed by atoms with E-state index in [0.29, 0.717) is 13.0 Å². The molecule has 1 aliphatic heterocycles. The summed E-state index contributed by atoms with van der Waals surface area (Å²) in [7, 11) is 0. The molecule has 0 spiro atoms. The molecular weight excluding hydrogens is 168 g/mol. The predicted octanol–water partition coefficient (Wildman–Crippen LogP) is 1.67. The van der Waals surface area contributed by atoms with Gasteiger partial charge in [0.2, 0.25) is 0 Å². The van der Waals surface area contributed by atoms with E-state index in [-0.39, 0.29) is 11.9 Å². The third kappa shape index (κ3) is 3.28. The van der Waals surface area contributed by atoms with Gasteiger partial charge in [-0.2, -0.15) is 0 Å². The summed E-state index contributed by atoms with van der Waals surface area (Å²) in [4.78, 5) is 10.9. The van der Waals surface area contributed by atoms with Crippen LogP contribution < -0.4 is 0 Å². The molecule has 0 aliphatic carbocycles. The first-order valence-electron chi connectivity index (χ1n) is 4.56. The molecule has 0 aromatic rings. The van der Waals surface area contributed by atoms with Gasteiger partial charge in [0, 0.05) is 6.42 Å². The van der Waals surface area contributed by atoms with Crippen LogP contribution in [-0.2, 0) is 14.3 Å². The number of carbonyl (C=O) groups is 1. The average Bonchev–Trinajstić information content (AvgIpc) is 2.41. The van der Waals surface area contributed by atoms with Crippen molar-refractivity contribution in [3.8, 4) is 0 Å². The highest BCUT2D eigenvalue weighted by Crippen LogP contribution is 2.22. The van der Waals surface area contributed by atoms with Crippen molar-refractivity contribution < 1.29 is 14.3 Å². The molecule has 1 rings (SSSR count). The fourth-order valence-electron chi connectivity index (χ4n) is 1.14. The largest absolute Gasteiger partial charge is 0.347 e. The maximum atomic E-state index is 10.9. The van der Waals surface area contributed by atoms with Crippen LogP contribution >= 0.6 is 0 Å². The van der Waals surface area contributed by atoms with Gasteiger partial charge in [0.15, 0.2) is 11.6 Å². The van der Waals surface area contributed by atoms with Gasteiger partial charge in [-0.1, -0.05) is 6.92 Å². The maximum absolute atomic E-state index is 10.9. The minimum atomic E-state index is -0.510. The fourth-order valence-corrected chi connectivity index (χ4v) is 1.14. The first kappa shape index (κ1) is 10.4. The Labute approximate surface area is 78.7 Å². The number of allylic oxidation sites excluding steroid dienone is 1. The summed E-state index contributed by atoms with van der Waals surface area (Å²) in [6.45, 7) is 6.09. The second-order valence-electron chi connectivity index (χ2n) is 3.55. The van der Waals surface area contributed by atoms with E-state index >= 15 is 0 Å². The summed E-state index contributed by atoms with van der Waals surface area (Å²) in [6, 6.07) is 0. The summed E-state index contributed by atoms with van der Waals surface area (Å²) < 4.78 is 10.8. The Morgan fingerprint density at radius 2 is 2.31 bits per heavy atom. The molecule has 1 unspecified atom stereocenters. The monoisotopic (exact) mass is 184 g/mol. The van der Waals surface area contributed by atoms with Gasteiger partial charge in [-0.15, -0.1) is 0 Å². The molecule has 0 amide bonds. The van der Waals surface area contributed by atoms with E-state index < -0.39 is 5.79 Å². The Morgan fingerprint density at radius 1 is 1.62 bits per heavy atom. The van der Waals surface area contributed by atoms with Crippen molar-refractivity contribution in [1.29, 1.82) is 0 Å². The van der Waals surface area contributed by atoms with E-state index in [2.05, 4.69) is 0 Å². The van der Waals surface area contributed by atoms with Gasteiger partial charge in [0.05, 0.1) is 6.61 Å². The van der Waals surface area contributed by atoms with Crippen molar-refractivity contribution in [3.05, 3.63) is 12.2 Å². The van der Waals surface area contributed by atoms with Crippen LogP contribution in [0.15, 0.2) is 12.2 Å². The van der Waals surface area contributed by atoms with Gasteiger partial charge in [-0.3, -0.25) is 4.79 Å². The van der Waals surface area contributed by atoms with Crippen molar-refractivity contribution in [2.24, 2.45) is 0 Å². The second-order valence-corrected chi connectivity index (χ2v) is 3.55. The van der Waals surface area contributed by atoms with Crippen LogP contribution in [0, 0.1) is 0 Å². The smallest absolute Gasteiger partial charge is 0.163 e. The predicted molar refractivity (Wildman–Crippen MR) is 49.3 cm³/mol. The molecule has 1 aliphatic rings. The minimum absolute atomic E-state index is 0.0782. The summed E-state index contributed by atoms with van der Waals surface area (Å²) in [5.74, 6) is -0.391. The lowest BCUT2D eigenvalue weighted by molar-refractivity contribution is -0.133. The highest BCUT2D eigenvalue weighted by Gasteiger charge is 2.30. The second kappa shape index (κ2) is 4.03. The SMILES string of the molecule is CCC(=O)C=CC1COC(C)(C)O1. The third-order valence-corrected chi connectivity index (χ3v) is 1.88. The van der Waals surface area contributed by atoms with E-state index in [4.69, 9.17) is 9.47 Å². The summed E-state index contributed by atoms with van der Waals surface area (Å²) >= 11 is 0. The van der Waals surface area contributed by atoms with Crippen LogP contribution in [0.2, 0.25) is 0 Å². The number of hydrogen-bond donors (Lipinski definition) is 0. The number of ketones is 1. The Hall–Kier alpha value is -0.670.